The van der Waals surface area contributed by atoms with Gasteiger partial charge in [-0.2, -0.15) is 0 Å². The molecule has 19 heavy (non-hydrogen) atoms. The molecule has 1 heterocycles. The van der Waals surface area contributed by atoms with Gasteiger partial charge in [0.15, 0.2) is 0 Å². The lowest BCUT2D eigenvalue weighted by Gasteiger charge is -2.31. The molecule has 1 aliphatic rings. The van der Waals surface area contributed by atoms with Crippen LogP contribution in [0.15, 0.2) is 0 Å². The third-order valence-electron chi connectivity index (χ3n) is 4.48. The molecule has 1 atom stereocenters. The largest absolute Gasteiger partial charge is 0.342 e. The average Bonchev–Trinajstić information content (AvgIpc) is 2.63. The molecular formula is C16H32N2O. The van der Waals surface area contributed by atoms with Crippen molar-refractivity contribution in [2.24, 2.45) is 22.5 Å². The Bertz CT molecular complexity index is 304. The molecule has 0 aromatic carbocycles. The van der Waals surface area contributed by atoms with Crippen molar-refractivity contribution < 1.29 is 4.79 Å². The quantitative estimate of drug-likeness (QED) is 0.833. The summed E-state index contributed by atoms with van der Waals surface area (Å²) in [6.07, 6.45) is 3.79. The Morgan fingerprint density at radius 2 is 1.95 bits per heavy atom. The van der Waals surface area contributed by atoms with Gasteiger partial charge in [0.1, 0.15) is 0 Å². The molecule has 3 heteroatoms. The lowest BCUT2D eigenvalue weighted by atomic mass is 9.76. The first kappa shape index (κ1) is 16.5. The van der Waals surface area contributed by atoms with Gasteiger partial charge < -0.3 is 10.6 Å². The smallest absolute Gasteiger partial charge is 0.222 e. The van der Waals surface area contributed by atoms with E-state index in [1.165, 1.54) is 0 Å². The summed E-state index contributed by atoms with van der Waals surface area (Å²) < 4.78 is 0. The van der Waals surface area contributed by atoms with E-state index in [0.717, 1.165) is 32.4 Å². The molecule has 1 amide bonds. The fraction of sp³-hybridized carbons (Fsp3) is 0.938. The maximum absolute atomic E-state index is 12.3. The van der Waals surface area contributed by atoms with Crippen LogP contribution in [-0.2, 0) is 4.79 Å². The van der Waals surface area contributed by atoms with Gasteiger partial charge in [0.25, 0.3) is 0 Å². The second kappa shape index (κ2) is 6.25. The second-order valence-electron chi connectivity index (χ2n) is 7.91. The van der Waals surface area contributed by atoms with Crippen LogP contribution in [0.2, 0.25) is 0 Å². The van der Waals surface area contributed by atoms with Crippen molar-refractivity contribution in [3.05, 3.63) is 0 Å². The predicted octanol–water partition coefficient (Wildman–Crippen LogP) is 3.04. The zero-order valence-corrected chi connectivity index (χ0v) is 13.5. The lowest BCUT2D eigenvalue weighted by Crippen LogP contribution is -2.31. The summed E-state index contributed by atoms with van der Waals surface area (Å²) in [4.78, 5) is 14.3. The first-order chi connectivity index (χ1) is 8.65. The Hall–Kier alpha value is -0.570. The molecule has 1 saturated heterocycles. The predicted molar refractivity (Wildman–Crippen MR) is 80.8 cm³/mol. The summed E-state index contributed by atoms with van der Waals surface area (Å²) in [5, 5.41) is 0. The van der Waals surface area contributed by atoms with Crippen molar-refractivity contribution in [2.45, 2.75) is 60.3 Å². The fourth-order valence-corrected chi connectivity index (χ4v) is 2.99. The maximum Gasteiger partial charge on any atom is 0.222 e. The van der Waals surface area contributed by atoms with E-state index in [1.807, 2.05) is 4.90 Å². The SMILES string of the molecule is CC1(C)CCN(C(=O)CCC(CCN)C(C)(C)C)C1. The zero-order chi connectivity index (χ0) is 14.7. The highest BCUT2D eigenvalue weighted by atomic mass is 16.2. The van der Waals surface area contributed by atoms with Crippen molar-refractivity contribution >= 4 is 5.91 Å². The molecule has 1 unspecified atom stereocenters. The van der Waals surface area contributed by atoms with E-state index >= 15 is 0 Å². The van der Waals surface area contributed by atoms with Gasteiger partial charge in [-0.25, -0.2) is 0 Å². The van der Waals surface area contributed by atoms with E-state index < -0.39 is 0 Å². The molecule has 0 spiro atoms. The summed E-state index contributed by atoms with van der Waals surface area (Å²) in [5.74, 6) is 0.869. The number of nitrogens with two attached hydrogens (primary N) is 1. The number of carbonyl (C=O) groups excluding carboxylic acids is 1. The highest BCUT2D eigenvalue weighted by molar-refractivity contribution is 5.76. The molecule has 0 radical (unpaired) electrons. The molecule has 0 aromatic heterocycles. The lowest BCUT2D eigenvalue weighted by molar-refractivity contribution is -0.131. The molecule has 0 aromatic rings. The van der Waals surface area contributed by atoms with Gasteiger partial charge in [-0.05, 0) is 42.6 Å². The van der Waals surface area contributed by atoms with Gasteiger partial charge in [0.2, 0.25) is 5.91 Å². The Labute approximate surface area is 118 Å². The van der Waals surface area contributed by atoms with Crippen molar-refractivity contribution in [1.29, 1.82) is 0 Å². The Balaban J connectivity index is 2.44. The van der Waals surface area contributed by atoms with Crippen LogP contribution in [0, 0.1) is 16.7 Å². The molecule has 1 rings (SSSR count). The molecule has 0 bridgehead atoms. The standard InChI is InChI=1S/C16H32N2O/c1-15(2,3)13(8-10-17)6-7-14(19)18-11-9-16(4,5)12-18/h13H,6-12,17H2,1-5H3. The fourth-order valence-electron chi connectivity index (χ4n) is 2.99. The normalized spacial score (nSPS) is 20.6. The Morgan fingerprint density at radius 1 is 1.32 bits per heavy atom. The molecule has 1 fully saturated rings. The van der Waals surface area contributed by atoms with Gasteiger partial charge in [0, 0.05) is 19.5 Å². The maximum atomic E-state index is 12.3. The molecule has 2 N–H and O–H groups in total. The van der Waals surface area contributed by atoms with Crippen molar-refractivity contribution in [3.8, 4) is 0 Å². The van der Waals surface area contributed by atoms with Crippen molar-refractivity contribution in [3.63, 3.8) is 0 Å². The summed E-state index contributed by atoms with van der Waals surface area (Å²) >= 11 is 0. The average molecular weight is 268 g/mol. The van der Waals surface area contributed by atoms with Gasteiger partial charge >= 0.3 is 0 Å². The van der Waals surface area contributed by atoms with Crippen LogP contribution in [-0.4, -0.2) is 30.4 Å². The summed E-state index contributed by atoms with van der Waals surface area (Å²) in [6, 6.07) is 0. The third kappa shape index (κ3) is 5.13. The van der Waals surface area contributed by atoms with Gasteiger partial charge in [0.05, 0.1) is 0 Å². The van der Waals surface area contributed by atoms with Crippen LogP contribution in [0.5, 0.6) is 0 Å². The van der Waals surface area contributed by atoms with Crippen LogP contribution in [0.1, 0.15) is 60.3 Å². The van der Waals surface area contributed by atoms with Crippen LogP contribution in [0.4, 0.5) is 0 Å². The minimum Gasteiger partial charge on any atom is -0.342 e. The Kier molecular flexibility index (Phi) is 5.43. The number of rotatable bonds is 5. The van der Waals surface area contributed by atoms with Gasteiger partial charge in [-0.1, -0.05) is 34.6 Å². The first-order valence-corrected chi connectivity index (χ1v) is 7.63. The summed E-state index contributed by atoms with van der Waals surface area (Å²) in [5.41, 5.74) is 6.24. The van der Waals surface area contributed by atoms with Crippen LogP contribution < -0.4 is 5.73 Å². The van der Waals surface area contributed by atoms with E-state index in [1.54, 1.807) is 0 Å². The summed E-state index contributed by atoms with van der Waals surface area (Å²) in [6.45, 7) is 13.8. The minimum absolute atomic E-state index is 0.240. The van der Waals surface area contributed by atoms with E-state index in [4.69, 9.17) is 5.73 Å². The van der Waals surface area contributed by atoms with Gasteiger partial charge in [-0.3, -0.25) is 4.79 Å². The van der Waals surface area contributed by atoms with Crippen LogP contribution >= 0.6 is 0 Å². The third-order valence-corrected chi connectivity index (χ3v) is 4.48. The number of hydrogen-bond acceptors (Lipinski definition) is 2. The monoisotopic (exact) mass is 268 g/mol. The second-order valence-corrected chi connectivity index (χ2v) is 7.91. The van der Waals surface area contributed by atoms with E-state index in [2.05, 4.69) is 34.6 Å². The van der Waals surface area contributed by atoms with Crippen LogP contribution in [0.3, 0.4) is 0 Å². The van der Waals surface area contributed by atoms with Gasteiger partial charge in [-0.15, -0.1) is 0 Å². The highest BCUT2D eigenvalue weighted by Crippen LogP contribution is 2.33. The van der Waals surface area contributed by atoms with Crippen molar-refractivity contribution in [1.82, 2.24) is 4.90 Å². The van der Waals surface area contributed by atoms with Crippen LogP contribution in [0.25, 0.3) is 0 Å². The zero-order valence-electron chi connectivity index (χ0n) is 13.5. The number of carbonyl (C=O) groups is 1. The molecular weight excluding hydrogens is 236 g/mol. The number of hydrogen-bond donors (Lipinski definition) is 1. The van der Waals surface area contributed by atoms with E-state index in [9.17, 15) is 4.79 Å². The number of amides is 1. The van der Waals surface area contributed by atoms with E-state index in [-0.39, 0.29) is 5.41 Å². The molecule has 3 nitrogen and oxygen atoms in total. The first-order valence-electron chi connectivity index (χ1n) is 7.63. The highest BCUT2D eigenvalue weighted by Gasteiger charge is 2.32. The number of likely N-dealkylation sites (tertiary alicyclic amines) is 1. The molecule has 0 saturated carbocycles. The van der Waals surface area contributed by atoms with Crippen molar-refractivity contribution in [2.75, 3.05) is 19.6 Å². The Morgan fingerprint density at radius 3 is 2.37 bits per heavy atom. The molecule has 0 aliphatic carbocycles. The molecule has 112 valence electrons. The van der Waals surface area contributed by atoms with E-state index in [0.29, 0.717) is 30.2 Å². The molecule has 1 aliphatic heterocycles. The topological polar surface area (TPSA) is 46.3 Å². The minimum atomic E-state index is 0.240. The number of nitrogens with zero attached hydrogens (tertiary/aromatic N) is 1. The summed E-state index contributed by atoms with van der Waals surface area (Å²) in [7, 11) is 0.